The van der Waals surface area contributed by atoms with Gasteiger partial charge in [0, 0.05) is 42.3 Å². The van der Waals surface area contributed by atoms with E-state index < -0.39 is 0 Å². The van der Waals surface area contributed by atoms with Gasteiger partial charge in [0.2, 0.25) is 0 Å². The van der Waals surface area contributed by atoms with E-state index in [1.165, 1.54) is 12.8 Å². The summed E-state index contributed by atoms with van der Waals surface area (Å²) in [7, 11) is 1.73. The van der Waals surface area contributed by atoms with Gasteiger partial charge in [0.15, 0.2) is 0 Å². The van der Waals surface area contributed by atoms with Gasteiger partial charge in [-0.05, 0) is 43.4 Å². The quantitative estimate of drug-likeness (QED) is 0.789. The van der Waals surface area contributed by atoms with Crippen molar-refractivity contribution >= 4 is 23.2 Å². The van der Waals surface area contributed by atoms with Gasteiger partial charge in [-0.2, -0.15) is 0 Å². The first-order chi connectivity index (χ1) is 10.1. The number of halogens is 2. The monoisotopic (exact) mass is 330 g/mol. The number of benzene rings is 1. The Morgan fingerprint density at radius 3 is 2.62 bits per heavy atom. The Kier molecular flexibility index (Phi) is 6.33. The van der Waals surface area contributed by atoms with Crippen LogP contribution >= 0.6 is 23.2 Å². The molecule has 5 heteroatoms. The molecule has 0 saturated heterocycles. The number of rotatable bonds is 8. The summed E-state index contributed by atoms with van der Waals surface area (Å²) in [4.78, 5) is 2.43. The molecule has 0 radical (unpaired) electrons. The Labute approximate surface area is 137 Å². The number of methoxy groups -OCH3 is 1. The third-order valence-corrected chi connectivity index (χ3v) is 4.89. The molecule has 1 aromatic carbocycles. The minimum Gasteiger partial charge on any atom is -0.383 e. The molecule has 0 heterocycles. The lowest BCUT2D eigenvalue weighted by molar-refractivity contribution is 0.0835. The lowest BCUT2D eigenvalue weighted by Crippen LogP contribution is -2.43. The number of nitrogens with two attached hydrogens (primary N) is 1. The average Bonchev–Trinajstić information content (AvgIpc) is 3.28. The molecule has 0 spiro atoms. The first-order valence-electron chi connectivity index (χ1n) is 7.48. The number of hydrogen-bond donors (Lipinski definition) is 1. The zero-order valence-electron chi connectivity index (χ0n) is 12.7. The fourth-order valence-corrected chi connectivity index (χ4v) is 3.44. The molecule has 1 aromatic rings. The van der Waals surface area contributed by atoms with Crippen molar-refractivity contribution in [2.45, 2.75) is 31.8 Å². The fraction of sp³-hybridized carbons (Fsp3) is 0.625. The summed E-state index contributed by atoms with van der Waals surface area (Å²) in [6.45, 7) is 4.36. The topological polar surface area (TPSA) is 38.5 Å². The molecular weight excluding hydrogens is 307 g/mol. The van der Waals surface area contributed by atoms with Crippen LogP contribution < -0.4 is 5.73 Å². The molecular formula is C16H24Cl2N2O. The molecule has 0 amide bonds. The van der Waals surface area contributed by atoms with E-state index >= 15 is 0 Å². The van der Waals surface area contributed by atoms with Crippen LogP contribution in [0.1, 0.15) is 31.4 Å². The van der Waals surface area contributed by atoms with E-state index in [2.05, 4.69) is 11.8 Å². The molecule has 2 atom stereocenters. The SMILES string of the molecule is COCCN(C(CN)c1ccc(Cl)cc1Cl)C(C)C1CC1. The van der Waals surface area contributed by atoms with Crippen molar-refractivity contribution in [3.8, 4) is 0 Å². The Morgan fingerprint density at radius 1 is 1.38 bits per heavy atom. The smallest absolute Gasteiger partial charge is 0.0590 e. The van der Waals surface area contributed by atoms with Gasteiger partial charge < -0.3 is 10.5 Å². The Bertz CT molecular complexity index is 466. The van der Waals surface area contributed by atoms with Crippen molar-refractivity contribution < 1.29 is 4.74 Å². The van der Waals surface area contributed by atoms with Gasteiger partial charge >= 0.3 is 0 Å². The zero-order chi connectivity index (χ0) is 15.4. The van der Waals surface area contributed by atoms with Gasteiger partial charge in [-0.25, -0.2) is 0 Å². The molecule has 2 rings (SSSR count). The first kappa shape index (κ1) is 17.0. The summed E-state index contributed by atoms with van der Waals surface area (Å²) in [5.74, 6) is 0.766. The van der Waals surface area contributed by atoms with Crippen LogP contribution in [0.4, 0.5) is 0 Å². The summed E-state index contributed by atoms with van der Waals surface area (Å²) >= 11 is 12.4. The largest absolute Gasteiger partial charge is 0.383 e. The van der Waals surface area contributed by atoms with Crippen molar-refractivity contribution in [2.24, 2.45) is 11.7 Å². The van der Waals surface area contributed by atoms with Crippen LogP contribution in [0.25, 0.3) is 0 Å². The molecule has 0 bridgehead atoms. The zero-order valence-corrected chi connectivity index (χ0v) is 14.2. The third kappa shape index (κ3) is 4.33. The second-order valence-corrected chi connectivity index (χ2v) is 6.57. The summed E-state index contributed by atoms with van der Waals surface area (Å²) < 4.78 is 5.27. The maximum absolute atomic E-state index is 6.38. The summed E-state index contributed by atoms with van der Waals surface area (Å²) in [5, 5.41) is 1.33. The predicted molar refractivity (Wildman–Crippen MR) is 89.0 cm³/mol. The molecule has 2 N–H and O–H groups in total. The van der Waals surface area contributed by atoms with Crippen LogP contribution in [0.15, 0.2) is 18.2 Å². The van der Waals surface area contributed by atoms with Crippen molar-refractivity contribution in [3.05, 3.63) is 33.8 Å². The van der Waals surface area contributed by atoms with Crippen molar-refractivity contribution in [3.63, 3.8) is 0 Å². The molecule has 1 fully saturated rings. The first-order valence-corrected chi connectivity index (χ1v) is 8.23. The van der Waals surface area contributed by atoms with Crippen molar-refractivity contribution in [1.82, 2.24) is 4.90 Å². The van der Waals surface area contributed by atoms with E-state index in [0.717, 1.165) is 18.0 Å². The minimum absolute atomic E-state index is 0.0977. The number of hydrogen-bond acceptors (Lipinski definition) is 3. The molecule has 1 aliphatic rings. The Hall–Kier alpha value is -0.320. The van der Waals surface area contributed by atoms with Crippen molar-refractivity contribution in [2.75, 3.05) is 26.8 Å². The lowest BCUT2D eigenvalue weighted by atomic mass is 10.0. The van der Waals surface area contributed by atoms with Gasteiger partial charge in [-0.1, -0.05) is 29.3 Å². The van der Waals surface area contributed by atoms with Crippen LogP contribution in [0, 0.1) is 5.92 Å². The molecule has 1 aliphatic carbocycles. The van der Waals surface area contributed by atoms with Crippen LogP contribution in [-0.2, 0) is 4.74 Å². The normalized spacial score (nSPS) is 18.0. The molecule has 0 aliphatic heterocycles. The lowest BCUT2D eigenvalue weighted by Gasteiger charge is -2.36. The molecule has 2 unspecified atom stereocenters. The number of nitrogens with zero attached hydrogens (tertiary/aromatic N) is 1. The highest BCUT2D eigenvalue weighted by atomic mass is 35.5. The second-order valence-electron chi connectivity index (χ2n) is 5.73. The number of ether oxygens (including phenoxy) is 1. The van der Waals surface area contributed by atoms with Crippen LogP contribution in [0.2, 0.25) is 10.0 Å². The predicted octanol–water partition coefficient (Wildman–Crippen LogP) is 3.74. The Morgan fingerprint density at radius 2 is 2.10 bits per heavy atom. The second kappa shape index (κ2) is 7.80. The van der Waals surface area contributed by atoms with Crippen LogP contribution in [-0.4, -0.2) is 37.7 Å². The van der Waals surface area contributed by atoms with E-state index in [4.69, 9.17) is 33.7 Å². The average molecular weight is 331 g/mol. The molecule has 1 saturated carbocycles. The highest BCUT2D eigenvalue weighted by Crippen LogP contribution is 2.39. The summed E-state index contributed by atoms with van der Waals surface area (Å²) in [6.07, 6.45) is 2.60. The van der Waals surface area contributed by atoms with Gasteiger partial charge in [-0.15, -0.1) is 0 Å². The van der Waals surface area contributed by atoms with E-state index in [0.29, 0.717) is 29.2 Å². The van der Waals surface area contributed by atoms with Gasteiger partial charge in [0.1, 0.15) is 0 Å². The van der Waals surface area contributed by atoms with Crippen LogP contribution in [0.5, 0.6) is 0 Å². The van der Waals surface area contributed by atoms with Gasteiger partial charge in [0.25, 0.3) is 0 Å². The van der Waals surface area contributed by atoms with Gasteiger partial charge in [-0.3, -0.25) is 4.90 Å². The Balaban J connectivity index is 2.24. The highest BCUT2D eigenvalue weighted by Gasteiger charge is 2.35. The maximum atomic E-state index is 6.38. The van der Waals surface area contributed by atoms with E-state index in [-0.39, 0.29) is 6.04 Å². The van der Waals surface area contributed by atoms with Crippen LogP contribution in [0.3, 0.4) is 0 Å². The standard InChI is InChI=1S/C16H24Cl2N2O/c1-11(12-3-4-12)20(7-8-21-2)16(10-19)14-6-5-13(17)9-15(14)18/h5-6,9,11-12,16H,3-4,7-8,10,19H2,1-2H3. The van der Waals surface area contributed by atoms with E-state index in [1.54, 1.807) is 13.2 Å². The molecule has 0 aromatic heterocycles. The highest BCUT2D eigenvalue weighted by molar-refractivity contribution is 6.35. The molecule has 3 nitrogen and oxygen atoms in total. The fourth-order valence-electron chi connectivity index (χ4n) is 2.90. The van der Waals surface area contributed by atoms with Crippen molar-refractivity contribution in [1.29, 1.82) is 0 Å². The molecule has 21 heavy (non-hydrogen) atoms. The maximum Gasteiger partial charge on any atom is 0.0590 e. The third-order valence-electron chi connectivity index (χ3n) is 4.33. The van der Waals surface area contributed by atoms with E-state index in [9.17, 15) is 0 Å². The van der Waals surface area contributed by atoms with Gasteiger partial charge in [0.05, 0.1) is 6.61 Å². The summed E-state index contributed by atoms with van der Waals surface area (Å²) in [5.41, 5.74) is 7.12. The minimum atomic E-state index is 0.0977. The van der Waals surface area contributed by atoms with E-state index in [1.807, 2.05) is 12.1 Å². The summed E-state index contributed by atoms with van der Waals surface area (Å²) in [6, 6.07) is 6.24. The molecule has 118 valence electrons.